The van der Waals surface area contributed by atoms with Crippen molar-refractivity contribution < 1.29 is 14.7 Å². The molecule has 110 valence electrons. The number of carboxylic acid groups (broad SMARTS) is 1. The van der Waals surface area contributed by atoms with Crippen molar-refractivity contribution >= 4 is 17.7 Å². The number of para-hydroxylation sites is 1. The van der Waals surface area contributed by atoms with Gasteiger partial charge < -0.3 is 10.4 Å². The van der Waals surface area contributed by atoms with E-state index in [9.17, 15) is 9.59 Å². The summed E-state index contributed by atoms with van der Waals surface area (Å²) in [6.07, 6.45) is -0.0784. The zero-order valence-corrected chi connectivity index (χ0v) is 12.4. The lowest BCUT2D eigenvalue weighted by Crippen LogP contribution is -2.46. The van der Waals surface area contributed by atoms with Gasteiger partial charge in [0.2, 0.25) is 0 Å². The number of nitrogens with zero attached hydrogens (tertiary/aromatic N) is 1. The van der Waals surface area contributed by atoms with Crippen molar-refractivity contribution in [3.05, 3.63) is 29.8 Å². The van der Waals surface area contributed by atoms with Crippen LogP contribution in [0.4, 0.5) is 10.5 Å². The van der Waals surface area contributed by atoms with Crippen molar-refractivity contribution in [2.45, 2.75) is 33.2 Å². The summed E-state index contributed by atoms with van der Waals surface area (Å²) in [4.78, 5) is 24.5. The van der Waals surface area contributed by atoms with Crippen LogP contribution >= 0.6 is 0 Å². The van der Waals surface area contributed by atoms with Crippen LogP contribution in [0.2, 0.25) is 0 Å². The molecule has 0 spiro atoms. The van der Waals surface area contributed by atoms with Crippen LogP contribution in [-0.4, -0.2) is 30.2 Å². The Morgan fingerprint density at radius 3 is 2.40 bits per heavy atom. The van der Waals surface area contributed by atoms with E-state index < -0.39 is 5.97 Å². The van der Waals surface area contributed by atoms with Gasteiger partial charge in [0, 0.05) is 18.8 Å². The van der Waals surface area contributed by atoms with Gasteiger partial charge in [-0.25, -0.2) is 4.79 Å². The third kappa shape index (κ3) is 4.26. The molecule has 5 nitrogen and oxygen atoms in total. The number of nitrogens with one attached hydrogen (secondary N) is 1. The predicted molar refractivity (Wildman–Crippen MR) is 79.0 cm³/mol. The number of carboxylic acids is 1. The first-order valence-electron chi connectivity index (χ1n) is 6.64. The second kappa shape index (κ2) is 6.93. The predicted octanol–water partition coefficient (Wildman–Crippen LogP) is 2.64. The van der Waals surface area contributed by atoms with Gasteiger partial charge in [-0.15, -0.1) is 0 Å². The molecule has 0 saturated heterocycles. The number of benzene rings is 1. The van der Waals surface area contributed by atoms with Crippen LogP contribution in [-0.2, 0) is 4.79 Å². The minimum absolute atomic E-state index is 0.0559. The van der Waals surface area contributed by atoms with E-state index in [1.165, 1.54) is 4.90 Å². The molecule has 0 bridgehead atoms. The third-order valence-corrected chi connectivity index (χ3v) is 3.29. The molecule has 2 N–H and O–H groups in total. The Morgan fingerprint density at radius 2 is 1.90 bits per heavy atom. The first kappa shape index (κ1) is 16.0. The normalized spacial score (nSPS) is 12.1. The molecule has 0 aliphatic carbocycles. The standard InChI is InChI=1S/C15H22N2O3/c1-10(2)12(9-14(18)19)16-15(20)17(4)13-8-6-5-7-11(13)3/h5-8,10,12H,9H2,1-4H3,(H,16,20)(H,18,19). The van der Waals surface area contributed by atoms with E-state index in [-0.39, 0.29) is 24.4 Å². The Bertz CT molecular complexity index is 486. The maximum atomic E-state index is 12.2. The summed E-state index contributed by atoms with van der Waals surface area (Å²) in [6.45, 7) is 5.71. The molecule has 0 heterocycles. The molecule has 1 atom stereocenters. The Balaban J connectivity index is 2.79. The Hall–Kier alpha value is -2.04. The van der Waals surface area contributed by atoms with Gasteiger partial charge in [0.15, 0.2) is 0 Å². The summed E-state index contributed by atoms with van der Waals surface area (Å²) in [5.41, 5.74) is 1.80. The quantitative estimate of drug-likeness (QED) is 0.870. The lowest BCUT2D eigenvalue weighted by Gasteiger charge is -2.26. The number of carbonyl (C=O) groups excluding carboxylic acids is 1. The smallest absolute Gasteiger partial charge is 0.321 e. The van der Waals surface area contributed by atoms with Crippen LogP contribution in [0.25, 0.3) is 0 Å². The SMILES string of the molecule is Cc1ccccc1N(C)C(=O)NC(CC(=O)O)C(C)C. The van der Waals surface area contributed by atoms with Crippen molar-refractivity contribution in [1.29, 1.82) is 0 Å². The number of amides is 2. The summed E-state index contributed by atoms with van der Waals surface area (Å²) in [5, 5.41) is 11.7. The summed E-state index contributed by atoms with van der Waals surface area (Å²) in [5.74, 6) is -0.858. The van der Waals surface area contributed by atoms with Crippen LogP contribution in [0.15, 0.2) is 24.3 Å². The number of anilines is 1. The maximum Gasteiger partial charge on any atom is 0.321 e. The monoisotopic (exact) mass is 278 g/mol. The molecular weight excluding hydrogens is 256 g/mol. The van der Waals surface area contributed by atoms with Gasteiger partial charge in [0.25, 0.3) is 0 Å². The van der Waals surface area contributed by atoms with Gasteiger partial charge in [-0.1, -0.05) is 32.0 Å². The minimum atomic E-state index is -0.914. The molecule has 1 rings (SSSR count). The molecule has 0 saturated carbocycles. The molecule has 0 radical (unpaired) electrons. The molecule has 0 aromatic heterocycles. The van der Waals surface area contributed by atoms with Crippen molar-refractivity contribution in [2.75, 3.05) is 11.9 Å². The number of aliphatic carboxylic acids is 1. The molecule has 0 aliphatic heterocycles. The van der Waals surface area contributed by atoms with Gasteiger partial charge in [0.05, 0.1) is 6.42 Å². The Morgan fingerprint density at radius 1 is 1.30 bits per heavy atom. The summed E-state index contributed by atoms with van der Waals surface area (Å²) in [7, 11) is 1.68. The van der Waals surface area contributed by atoms with E-state index in [4.69, 9.17) is 5.11 Å². The molecule has 0 fully saturated rings. The van der Waals surface area contributed by atoms with E-state index in [2.05, 4.69) is 5.32 Å². The van der Waals surface area contributed by atoms with E-state index >= 15 is 0 Å². The first-order valence-corrected chi connectivity index (χ1v) is 6.64. The van der Waals surface area contributed by atoms with Gasteiger partial charge in [-0.2, -0.15) is 0 Å². The largest absolute Gasteiger partial charge is 0.481 e. The molecule has 0 aliphatic rings. The van der Waals surface area contributed by atoms with Gasteiger partial charge in [-0.05, 0) is 24.5 Å². The maximum absolute atomic E-state index is 12.2. The van der Waals surface area contributed by atoms with Gasteiger partial charge >= 0.3 is 12.0 Å². The van der Waals surface area contributed by atoms with Crippen molar-refractivity contribution in [3.63, 3.8) is 0 Å². The highest BCUT2D eigenvalue weighted by molar-refractivity contribution is 5.92. The molecular formula is C15H22N2O3. The number of aryl methyl sites for hydroxylation is 1. The highest BCUT2D eigenvalue weighted by Crippen LogP contribution is 2.18. The molecule has 5 heteroatoms. The number of carbonyl (C=O) groups is 2. The van der Waals surface area contributed by atoms with Crippen LogP contribution in [0.5, 0.6) is 0 Å². The zero-order valence-electron chi connectivity index (χ0n) is 12.4. The number of urea groups is 1. The first-order chi connectivity index (χ1) is 9.32. The molecule has 1 aromatic carbocycles. The molecule has 2 amide bonds. The fraction of sp³-hybridized carbons (Fsp3) is 0.467. The number of hydrogen-bond acceptors (Lipinski definition) is 2. The van der Waals surface area contributed by atoms with Crippen LogP contribution in [0, 0.1) is 12.8 Å². The molecule has 1 aromatic rings. The van der Waals surface area contributed by atoms with Crippen molar-refractivity contribution in [3.8, 4) is 0 Å². The molecule has 1 unspecified atom stereocenters. The molecule has 20 heavy (non-hydrogen) atoms. The summed E-state index contributed by atoms with van der Waals surface area (Å²) < 4.78 is 0. The van der Waals surface area contributed by atoms with Gasteiger partial charge in [0.1, 0.15) is 0 Å². The summed E-state index contributed by atoms with van der Waals surface area (Å²) >= 11 is 0. The van der Waals surface area contributed by atoms with Crippen LogP contribution in [0.1, 0.15) is 25.8 Å². The van der Waals surface area contributed by atoms with Crippen LogP contribution < -0.4 is 10.2 Å². The average Bonchev–Trinajstić information content (AvgIpc) is 2.37. The second-order valence-corrected chi connectivity index (χ2v) is 5.24. The third-order valence-electron chi connectivity index (χ3n) is 3.29. The van der Waals surface area contributed by atoms with E-state index in [0.717, 1.165) is 11.3 Å². The fourth-order valence-corrected chi connectivity index (χ4v) is 1.95. The highest BCUT2D eigenvalue weighted by atomic mass is 16.4. The lowest BCUT2D eigenvalue weighted by molar-refractivity contribution is -0.137. The second-order valence-electron chi connectivity index (χ2n) is 5.24. The average molecular weight is 278 g/mol. The Kier molecular flexibility index (Phi) is 5.55. The lowest BCUT2D eigenvalue weighted by atomic mass is 10.0. The fourth-order valence-electron chi connectivity index (χ4n) is 1.95. The van der Waals surface area contributed by atoms with E-state index in [1.807, 2.05) is 45.0 Å². The van der Waals surface area contributed by atoms with Gasteiger partial charge in [-0.3, -0.25) is 9.69 Å². The zero-order chi connectivity index (χ0) is 15.3. The minimum Gasteiger partial charge on any atom is -0.481 e. The van der Waals surface area contributed by atoms with E-state index in [1.54, 1.807) is 7.05 Å². The number of rotatable bonds is 5. The highest BCUT2D eigenvalue weighted by Gasteiger charge is 2.22. The Labute approximate surface area is 119 Å². The van der Waals surface area contributed by atoms with E-state index in [0.29, 0.717) is 0 Å². The topological polar surface area (TPSA) is 69.6 Å². The van der Waals surface area contributed by atoms with Crippen molar-refractivity contribution in [2.24, 2.45) is 5.92 Å². The van der Waals surface area contributed by atoms with Crippen LogP contribution in [0.3, 0.4) is 0 Å². The summed E-state index contributed by atoms with van der Waals surface area (Å²) in [6, 6.07) is 6.88. The number of hydrogen-bond donors (Lipinski definition) is 2. The van der Waals surface area contributed by atoms with Crippen molar-refractivity contribution in [1.82, 2.24) is 5.32 Å².